The number of aromatic nitrogens is 1. The summed E-state index contributed by atoms with van der Waals surface area (Å²) >= 11 is 1.76. The minimum atomic E-state index is -0.0509. The zero-order valence-electron chi connectivity index (χ0n) is 7.99. The van der Waals surface area contributed by atoms with E-state index in [1.54, 1.807) is 31.1 Å². The van der Waals surface area contributed by atoms with Crippen LogP contribution in [0.1, 0.15) is 23.2 Å². The van der Waals surface area contributed by atoms with Crippen LogP contribution in [0.5, 0.6) is 0 Å². The maximum Gasteiger partial charge on any atom is 0.251 e. The molecular weight excluding hydrogens is 196 g/mol. The molecule has 1 aliphatic rings. The smallest absolute Gasteiger partial charge is 0.251 e. The summed E-state index contributed by atoms with van der Waals surface area (Å²) in [6.45, 7) is 0. The molecule has 1 aromatic heterocycles. The standard InChI is InChI=1S/C10H12N2OS/c1-11-10(13)7-4-5-12-9(6-7)14-8-2-3-8/h4-6,8H,2-3H2,1H3,(H,11,13). The average molecular weight is 208 g/mol. The first-order valence-corrected chi connectivity index (χ1v) is 5.52. The number of nitrogens with zero attached hydrogens (tertiary/aromatic N) is 1. The number of rotatable bonds is 3. The van der Waals surface area contributed by atoms with Crippen LogP contribution in [0.25, 0.3) is 0 Å². The monoisotopic (exact) mass is 208 g/mol. The van der Waals surface area contributed by atoms with Crippen LogP contribution >= 0.6 is 11.8 Å². The predicted octanol–water partition coefficient (Wildman–Crippen LogP) is 1.70. The van der Waals surface area contributed by atoms with E-state index in [0.29, 0.717) is 5.56 Å². The van der Waals surface area contributed by atoms with Gasteiger partial charge in [-0.1, -0.05) is 0 Å². The van der Waals surface area contributed by atoms with Crippen LogP contribution < -0.4 is 5.32 Å². The second-order valence-corrected chi connectivity index (χ2v) is 4.60. The highest BCUT2D eigenvalue weighted by Gasteiger charge is 2.23. The average Bonchev–Trinajstić information content (AvgIpc) is 3.01. The number of hydrogen-bond acceptors (Lipinski definition) is 3. The molecule has 1 amide bonds. The molecule has 3 nitrogen and oxygen atoms in total. The summed E-state index contributed by atoms with van der Waals surface area (Å²) in [7, 11) is 1.64. The van der Waals surface area contributed by atoms with Crippen LogP contribution in [0.2, 0.25) is 0 Å². The van der Waals surface area contributed by atoms with Crippen LogP contribution in [-0.4, -0.2) is 23.2 Å². The lowest BCUT2D eigenvalue weighted by Crippen LogP contribution is -2.17. The molecule has 0 aromatic carbocycles. The van der Waals surface area contributed by atoms with Gasteiger partial charge in [-0.3, -0.25) is 4.79 Å². The lowest BCUT2D eigenvalue weighted by atomic mass is 10.2. The molecule has 14 heavy (non-hydrogen) atoms. The number of carbonyl (C=O) groups is 1. The van der Waals surface area contributed by atoms with Gasteiger partial charge in [0.15, 0.2) is 0 Å². The molecular formula is C10H12N2OS. The Kier molecular flexibility index (Phi) is 2.72. The molecule has 1 N–H and O–H groups in total. The molecule has 1 saturated carbocycles. The van der Waals surface area contributed by atoms with Crippen molar-refractivity contribution in [1.82, 2.24) is 10.3 Å². The summed E-state index contributed by atoms with van der Waals surface area (Å²) < 4.78 is 0. The Labute approximate surface area is 87.3 Å². The highest BCUT2D eigenvalue weighted by molar-refractivity contribution is 8.00. The maximum absolute atomic E-state index is 11.3. The SMILES string of the molecule is CNC(=O)c1ccnc(SC2CC2)c1. The first-order valence-electron chi connectivity index (χ1n) is 4.64. The van der Waals surface area contributed by atoms with Gasteiger partial charge < -0.3 is 5.32 Å². The third kappa shape index (κ3) is 2.26. The van der Waals surface area contributed by atoms with Crippen LogP contribution in [0, 0.1) is 0 Å². The third-order valence-electron chi connectivity index (χ3n) is 2.04. The van der Waals surface area contributed by atoms with E-state index in [-0.39, 0.29) is 5.91 Å². The van der Waals surface area contributed by atoms with Crippen molar-refractivity contribution in [1.29, 1.82) is 0 Å². The van der Waals surface area contributed by atoms with Crippen molar-refractivity contribution in [3.8, 4) is 0 Å². The predicted molar refractivity (Wildman–Crippen MR) is 56.5 cm³/mol. The first kappa shape index (κ1) is 9.52. The number of amides is 1. The van der Waals surface area contributed by atoms with E-state index < -0.39 is 0 Å². The van der Waals surface area contributed by atoms with Gasteiger partial charge in [0.1, 0.15) is 0 Å². The fraction of sp³-hybridized carbons (Fsp3) is 0.400. The van der Waals surface area contributed by atoms with Crippen LogP contribution in [0.4, 0.5) is 0 Å². The third-order valence-corrected chi connectivity index (χ3v) is 3.31. The number of carbonyl (C=O) groups excluding carboxylic acids is 1. The molecule has 1 heterocycles. The number of thioether (sulfide) groups is 1. The van der Waals surface area contributed by atoms with Gasteiger partial charge in [0.25, 0.3) is 5.91 Å². The van der Waals surface area contributed by atoms with Crippen LogP contribution in [0.3, 0.4) is 0 Å². The molecule has 0 spiro atoms. The van der Waals surface area contributed by atoms with Gasteiger partial charge in [-0.2, -0.15) is 0 Å². The summed E-state index contributed by atoms with van der Waals surface area (Å²) in [6, 6.07) is 3.58. The summed E-state index contributed by atoms with van der Waals surface area (Å²) in [4.78, 5) is 15.5. The molecule has 0 radical (unpaired) electrons. The minimum absolute atomic E-state index is 0.0509. The van der Waals surface area contributed by atoms with Gasteiger partial charge in [-0.05, 0) is 25.0 Å². The van der Waals surface area contributed by atoms with E-state index in [1.165, 1.54) is 12.8 Å². The van der Waals surface area contributed by atoms with Gasteiger partial charge in [-0.15, -0.1) is 11.8 Å². The Hall–Kier alpha value is -1.03. The van der Waals surface area contributed by atoms with Crippen molar-refractivity contribution in [2.75, 3.05) is 7.05 Å². The fourth-order valence-electron chi connectivity index (χ4n) is 1.12. The maximum atomic E-state index is 11.3. The quantitative estimate of drug-likeness (QED) is 0.822. The highest BCUT2D eigenvalue weighted by atomic mass is 32.2. The van der Waals surface area contributed by atoms with Gasteiger partial charge in [-0.25, -0.2) is 4.98 Å². The molecule has 0 aliphatic heterocycles. The molecule has 1 aliphatic carbocycles. The van der Waals surface area contributed by atoms with Crippen molar-refractivity contribution < 1.29 is 4.79 Å². The zero-order chi connectivity index (χ0) is 9.97. The molecule has 2 rings (SSSR count). The van der Waals surface area contributed by atoms with E-state index in [2.05, 4.69) is 10.3 Å². The lowest BCUT2D eigenvalue weighted by molar-refractivity contribution is 0.0962. The second kappa shape index (κ2) is 4.00. The largest absolute Gasteiger partial charge is 0.355 e. The van der Waals surface area contributed by atoms with Gasteiger partial charge >= 0.3 is 0 Å². The van der Waals surface area contributed by atoms with E-state index in [0.717, 1.165) is 10.3 Å². The first-order chi connectivity index (χ1) is 6.79. The Morgan fingerprint density at radius 3 is 3.07 bits per heavy atom. The topological polar surface area (TPSA) is 42.0 Å². The summed E-state index contributed by atoms with van der Waals surface area (Å²) in [5.74, 6) is -0.0509. The fourth-order valence-corrected chi connectivity index (χ4v) is 2.15. The Morgan fingerprint density at radius 1 is 1.64 bits per heavy atom. The minimum Gasteiger partial charge on any atom is -0.355 e. The highest BCUT2D eigenvalue weighted by Crippen LogP contribution is 2.38. The second-order valence-electron chi connectivity index (χ2n) is 3.28. The molecule has 0 atom stereocenters. The van der Waals surface area contributed by atoms with E-state index >= 15 is 0 Å². The Balaban J connectivity index is 2.12. The van der Waals surface area contributed by atoms with E-state index in [1.807, 2.05) is 6.07 Å². The Bertz CT molecular complexity index is 350. The molecule has 4 heteroatoms. The molecule has 1 fully saturated rings. The molecule has 0 unspecified atom stereocenters. The van der Waals surface area contributed by atoms with E-state index in [4.69, 9.17) is 0 Å². The summed E-state index contributed by atoms with van der Waals surface area (Å²) in [6.07, 6.45) is 4.24. The van der Waals surface area contributed by atoms with Crippen molar-refractivity contribution >= 4 is 17.7 Å². The van der Waals surface area contributed by atoms with Crippen LogP contribution in [0.15, 0.2) is 23.4 Å². The van der Waals surface area contributed by atoms with E-state index in [9.17, 15) is 4.79 Å². The number of nitrogens with one attached hydrogen (secondary N) is 1. The molecule has 74 valence electrons. The Morgan fingerprint density at radius 2 is 2.43 bits per heavy atom. The van der Waals surface area contributed by atoms with Crippen molar-refractivity contribution in [2.24, 2.45) is 0 Å². The van der Waals surface area contributed by atoms with Gasteiger partial charge in [0.2, 0.25) is 0 Å². The van der Waals surface area contributed by atoms with Gasteiger partial charge in [0.05, 0.1) is 5.03 Å². The number of hydrogen-bond donors (Lipinski definition) is 1. The van der Waals surface area contributed by atoms with Gasteiger partial charge in [0, 0.05) is 24.1 Å². The summed E-state index contributed by atoms with van der Waals surface area (Å²) in [5, 5.41) is 4.28. The zero-order valence-corrected chi connectivity index (χ0v) is 8.80. The molecule has 1 aromatic rings. The van der Waals surface area contributed by atoms with Crippen molar-refractivity contribution in [2.45, 2.75) is 23.1 Å². The molecule has 0 bridgehead atoms. The normalized spacial score (nSPS) is 15.2. The van der Waals surface area contributed by atoms with Crippen LogP contribution in [-0.2, 0) is 0 Å². The molecule has 0 saturated heterocycles. The lowest BCUT2D eigenvalue weighted by Gasteiger charge is -2.01. The number of pyridine rings is 1. The van der Waals surface area contributed by atoms with Crippen molar-refractivity contribution in [3.63, 3.8) is 0 Å². The summed E-state index contributed by atoms with van der Waals surface area (Å²) in [5.41, 5.74) is 0.686. The van der Waals surface area contributed by atoms with Crippen molar-refractivity contribution in [3.05, 3.63) is 23.9 Å².